The molecule has 0 aromatic heterocycles. The Bertz CT molecular complexity index is 277. The van der Waals surface area contributed by atoms with E-state index in [9.17, 15) is 0 Å². The largest absolute Gasteiger partial charge is 0.385 e. The van der Waals surface area contributed by atoms with Crippen LogP contribution in [0, 0.1) is 0 Å². The third-order valence-electron chi connectivity index (χ3n) is 2.19. The number of anilines is 2. The molecule has 1 rings (SSSR count). The third kappa shape index (κ3) is 4.54. The van der Waals surface area contributed by atoms with E-state index >= 15 is 0 Å². The molecule has 0 saturated carbocycles. The van der Waals surface area contributed by atoms with Gasteiger partial charge in [0, 0.05) is 24.5 Å². The van der Waals surface area contributed by atoms with Crippen LogP contribution < -0.4 is 10.6 Å². The minimum atomic E-state index is 0.808. The van der Waals surface area contributed by atoms with Gasteiger partial charge in [-0.1, -0.05) is 19.4 Å². The zero-order chi connectivity index (χ0) is 10.9. The number of unbranched alkanes of at least 4 members (excludes halogenated alkanes) is 1. The van der Waals surface area contributed by atoms with Crippen molar-refractivity contribution in [3.63, 3.8) is 0 Å². The van der Waals surface area contributed by atoms with Crippen molar-refractivity contribution in [3.8, 4) is 0 Å². The molecule has 2 nitrogen and oxygen atoms in total. The highest BCUT2D eigenvalue weighted by atomic mass is 14.9. The lowest BCUT2D eigenvalue weighted by molar-refractivity contribution is 0.834. The van der Waals surface area contributed by atoms with Crippen molar-refractivity contribution in [2.75, 3.05) is 23.7 Å². The molecular formula is C13H20N2. The molecule has 82 valence electrons. The van der Waals surface area contributed by atoms with Gasteiger partial charge in [-0.05, 0) is 30.7 Å². The Kier molecular flexibility index (Phi) is 5.38. The summed E-state index contributed by atoms with van der Waals surface area (Å²) in [6.45, 7) is 7.73. The van der Waals surface area contributed by atoms with Crippen LogP contribution in [0.1, 0.15) is 19.8 Å². The van der Waals surface area contributed by atoms with Crippen molar-refractivity contribution < 1.29 is 0 Å². The molecule has 1 aromatic carbocycles. The van der Waals surface area contributed by atoms with Gasteiger partial charge in [-0.15, -0.1) is 6.58 Å². The standard InChI is InChI=1S/C13H20N2/c1-3-5-11-15-13-8-6-12(7-9-13)14-10-4-2/h4,6-9,14-15H,2-3,5,10-11H2,1H3. The van der Waals surface area contributed by atoms with Crippen LogP contribution in [0.25, 0.3) is 0 Å². The molecular weight excluding hydrogens is 184 g/mol. The fourth-order valence-electron chi connectivity index (χ4n) is 1.31. The van der Waals surface area contributed by atoms with Gasteiger partial charge in [0.15, 0.2) is 0 Å². The highest BCUT2D eigenvalue weighted by Crippen LogP contribution is 2.13. The monoisotopic (exact) mass is 204 g/mol. The lowest BCUT2D eigenvalue weighted by Gasteiger charge is -2.07. The zero-order valence-electron chi connectivity index (χ0n) is 9.42. The molecule has 1 aromatic rings. The maximum atomic E-state index is 3.67. The van der Waals surface area contributed by atoms with Gasteiger partial charge in [0.1, 0.15) is 0 Å². The minimum absolute atomic E-state index is 0.808. The van der Waals surface area contributed by atoms with E-state index in [0.717, 1.165) is 18.8 Å². The van der Waals surface area contributed by atoms with Crippen molar-refractivity contribution in [2.45, 2.75) is 19.8 Å². The Labute approximate surface area is 92.4 Å². The van der Waals surface area contributed by atoms with Gasteiger partial charge in [0.05, 0.1) is 0 Å². The topological polar surface area (TPSA) is 24.1 Å². The number of rotatable bonds is 7. The highest BCUT2D eigenvalue weighted by Gasteiger charge is 1.92. The summed E-state index contributed by atoms with van der Waals surface area (Å²) in [6, 6.07) is 8.36. The fraction of sp³-hybridized carbons (Fsp3) is 0.385. The number of hydrogen-bond acceptors (Lipinski definition) is 2. The second-order valence-corrected chi connectivity index (χ2v) is 3.53. The fourth-order valence-corrected chi connectivity index (χ4v) is 1.31. The zero-order valence-corrected chi connectivity index (χ0v) is 9.42. The summed E-state index contributed by atoms with van der Waals surface area (Å²) in [7, 11) is 0. The smallest absolute Gasteiger partial charge is 0.0344 e. The molecule has 0 aliphatic heterocycles. The van der Waals surface area contributed by atoms with E-state index in [0.29, 0.717) is 0 Å². The summed E-state index contributed by atoms with van der Waals surface area (Å²) in [4.78, 5) is 0. The summed E-state index contributed by atoms with van der Waals surface area (Å²) in [6.07, 6.45) is 4.30. The van der Waals surface area contributed by atoms with Crippen LogP contribution in [0.3, 0.4) is 0 Å². The molecule has 0 saturated heterocycles. The van der Waals surface area contributed by atoms with Gasteiger partial charge in [0.2, 0.25) is 0 Å². The normalized spacial score (nSPS) is 9.67. The lowest BCUT2D eigenvalue weighted by Crippen LogP contribution is -2.01. The van der Waals surface area contributed by atoms with Crippen LogP contribution in [0.2, 0.25) is 0 Å². The molecule has 0 bridgehead atoms. The molecule has 0 heterocycles. The Balaban J connectivity index is 2.38. The lowest BCUT2D eigenvalue weighted by atomic mass is 10.2. The first-order chi connectivity index (χ1) is 7.36. The third-order valence-corrected chi connectivity index (χ3v) is 2.19. The molecule has 2 heteroatoms. The van der Waals surface area contributed by atoms with Crippen molar-refractivity contribution >= 4 is 11.4 Å². The molecule has 0 aliphatic rings. The first-order valence-electron chi connectivity index (χ1n) is 5.55. The number of hydrogen-bond donors (Lipinski definition) is 2. The predicted octanol–water partition coefficient (Wildman–Crippen LogP) is 3.50. The first-order valence-corrected chi connectivity index (χ1v) is 5.55. The summed E-state index contributed by atoms with van der Waals surface area (Å²) in [5.41, 5.74) is 2.32. The Hall–Kier alpha value is -1.44. The highest BCUT2D eigenvalue weighted by molar-refractivity contribution is 5.53. The molecule has 0 amide bonds. The predicted molar refractivity (Wildman–Crippen MR) is 68.5 cm³/mol. The van der Waals surface area contributed by atoms with Gasteiger partial charge in [-0.3, -0.25) is 0 Å². The molecule has 0 fully saturated rings. The minimum Gasteiger partial charge on any atom is -0.385 e. The van der Waals surface area contributed by atoms with Crippen molar-refractivity contribution in [1.82, 2.24) is 0 Å². The van der Waals surface area contributed by atoms with Gasteiger partial charge < -0.3 is 10.6 Å². The number of benzene rings is 1. The molecule has 0 unspecified atom stereocenters. The van der Waals surface area contributed by atoms with Crippen LogP contribution in [-0.2, 0) is 0 Å². The van der Waals surface area contributed by atoms with Crippen LogP contribution in [0.5, 0.6) is 0 Å². The second kappa shape index (κ2) is 6.93. The Morgan fingerprint density at radius 3 is 2.27 bits per heavy atom. The van der Waals surface area contributed by atoms with E-state index in [-0.39, 0.29) is 0 Å². The van der Waals surface area contributed by atoms with E-state index in [2.05, 4.69) is 48.4 Å². The maximum absolute atomic E-state index is 3.67. The van der Waals surface area contributed by atoms with E-state index in [4.69, 9.17) is 0 Å². The van der Waals surface area contributed by atoms with E-state index in [1.54, 1.807) is 0 Å². The van der Waals surface area contributed by atoms with E-state index in [1.807, 2.05) is 6.08 Å². The molecule has 0 spiro atoms. The average molecular weight is 204 g/mol. The molecule has 0 radical (unpaired) electrons. The maximum Gasteiger partial charge on any atom is 0.0344 e. The van der Waals surface area contributed by atoms with Gasteiger partial charge >= 0.3 is 0 Å². The van der Waals surface area contributed by atoms with Crippen LogP contribution in [0.15, 0.2) is 36.9 Å². The second-order valence-electron chi connectivity index (χ2n) is 3.53. The van der Waals surface area contributed by atoms with Crippen LogP contribution in [-0.4, -0.2) is 13.1 Å². The SMILES string of the molecule is C=CCNc1ccc(NCCCC)cc1. The quantitative estimate of drug-likeness (QED) is 0.524. The molecule has 15 heavy (non-hydrogen) atoms. The first kappa shape index (κ1) is 11.6. The van der Waals surface area contributed by atoms with Crippen molar-refractivity contribution in [1.29, 1.82) is 0 Å². The van der Waals surface area contributed by atoms with Gasteiger partial charge in [-0.25, -0.2) is 0 Å². The summed E-state index contributed by atoms with van der Waals surface area (Å²) >= 11 is 0. The Morgan fingerprint density at radius 1 is 1.13 bits per heavy atom. The average Bonchev–Trinajstić information content (AvgIpc) is 2.28. The molecule has 2 N–H and O–H groups in total. The van der Waals surface area contributed by atoms with Gasteiger partial charge in [-0.2, -0.15) is 0 Å². The van der Waals surface area contributed by atoms with E-state index < -0.39 is 0 Å². The van der Waals surface area contributed by atoms with Crippen LogP contribution >= 0.6 is 0 Å². The van der Waals surface area contributed by atoms with E-state index in [1.165, 1.54) is 18.5 Å². The summed E-state index contributed by atoms with van der Waals surface area (Å²) in [5, 5.41) is 6.62. The molecule has 0 aliphatic carbocycles. The van der Waals surface area contributed by atoms with Crippen LogP contribution in [0.4, 0.5) is 11.4 Å². The number of nitrogens with one attached hydrogen (secondary N) is 2. The summed E-state index contributed by atoms with van der Waals surface area (Å²) in [5.74, 6) is 0. The Morgan fingerprint density at radius 2 is 1.73 bits per heavy atom. The summed E-state index contributed by atoms with van der Waals surface area (Å²) < 4.78 is 0. The van der Waals surface area contributed by atoms with Crippen molar-refractivity contribution in [2.24, 2.45) is 0 Å². The van der Waals surface area contributed by atoms with Crippen molar-refractivity contribution in [3.05, 3.63) is 36.9 Å². The molecule has 0 atom stereocenters. The van der Waals surface area contributed by atoms with Gasteiger partial charge in [0.25, 0.3) is 0 Å².